The highest BCUT2D eigenvalue weighted by Crippen LogP contribution is 2.32. The van der Waals surface area contributed by atoms with Crippen LogP contribution in [0.1, 0.15) is 40.0 Å². The molecule has 1 saturated heterocycles. The van der Waals surface area contributed by atoms with Gasteiger partial charge in [0.15, 0.2) is 11.6 Å². The van der Waals surface area contributed by atoms with Crippen molar-refractivity contribution < 1.29 is 9.53 Å². The molecule has 7 heteroatoms. The third kappa shape index (κ3) is 4.13. The van der Waals surface area contributed by atoms with E-state index >= 15 is 0 Å². The molecule has 28 heavy (non-hydrogen) atoms. The van der Waals surface area contributed by atoms with Gasteiger partial charge in [0.25, 0.3) is 0 Å². The molecule has 1 aliphatic heterocycles. The second kappa shape index (κ2) is 7.11. The molecule has 0 radical (unpaired) electrons. The van der Waals surface area contributed by atoms with Crippen LogP contribution in [0.3, 0.4) is 0 Å². The standard InChI is InChI=1S/C21H29N5O2/c1-21(2,3)28-20(27)26-12-11-15(13-26)25(4)19-18(22-14-9-10-14)23-16-7-5-6-8-17(16)24-19/h5-8,14-15H,9-13H2,1-4H3,(H,22,23)/t15-/m0/s1. The number of nitrogens with zero attached hydrogens (tertiary/aromatic N) is 4. The van der Waals surface area contributed by atoms with Crippen LogP contribution in [-0.2, 0) is 4.74 Å². The van der Waals surface area contributed by atoms with Crippen molar-refractivity contribution in [2.75, 3.05) is 30.4 Å². The summed E-state index contributed by atoms with van der Waals surface area (Å²) in [5.41, 5.74) is 1.30. The minimum atomic E-state index is -0.480. The van der Waals surface area contributed by atoms with Crippen LogP contribution in [0, 0.1) is 0 Å². The second-order valence-electron chi connectivity index (χ2n) is 8.78. The first-order chi connectivity index (χ1) is 13.3. The predicted octanol–water partition coefficient (Wildman–Crippen LogP) is 3.65. The number of hydrogen-bond acceptors (Lipinski definition) is 6. The number of carbonyl (C=O) groups excluding carboxylic acids is 1. The first-order valence-electron chi connectivity index (χ1n) is 10.0. The zero-order valence-corrected chi connectivity index (χ0v) is 17.1. The molecule has 1 aromatic carbocycles. The maximum absolute atomic E-state index is 12.4. The number of benzene rings is 1. The van der Waals surface area contributed by atoms with E-state index in [1.54, 1.807) is 4.90 Å². The Labute approximate surface area is 166 Å². The number of hydrogen-bond donors (Lipinski definition) is 1. The minimum absolute atomic E-state index is 0.183. The highest BCUT2D eigenvalue weighted by atomic mass is 16.6. The Hall–Kier alpha value is -2.57. The molecule has 1 aromatic heterocycles. The van der Waals surface area contributed by atoms with Gasteiger partial charge in [-0.15, -0.1) is 0 Å². The van der Waals surface area contributed by atoms with E-state index in [1.165, 1.54) is 12.8 Å². The fourth-order valence-corrected chi connectivity index (χ4v) is 3.48. The Bertz CT molecular complexity index is 875. The van der Waals surface area contributed by atoms with Gasteiger partial charge in [-0.2, -0.15) is 0 Å². The molecule has 0 unspecified atom stereocenters. The van der Waals surface area contributed by atoms with Crippen LogP contribution in [0.4, 0.5) is 16.4 Å². The van der Waals surface area contributed by atoms with E-state index in [2.05, 4.69) is 10.2 Å². The van der Waals surface area contributed by atoms with E-state index in [9.17, 15) is 4.79 Å². The first kappa shape index (κ1) is 18.8. The quantitative estimate of drug-likeness (QED) is 0.869. The van der Waals surface area contributed by atoms with E-state index in [-0.39, 0.29) is 12.1 Å². The zero-order valence-electron chi connectivity index (χ0n) is 17.1. The molecule has 0 bridgehead atoms. The average Bonchev–Trinajstić information content (AvgIpc) is 3.30. The van der Waals surface area contributed by atoms with E-state index in [0.717, 1.165) is 29.1 Å². The fourth-order valence-electron chi connectivity index (χ4n) is 3.48. The van der Waals surface area contributed by atoms with Gasteiger partial charge in [-0.3, -0.25) is 0 Å². The van der Waals surface area contributed by atoms with Crippen molar-refractivity contribution in [3.8, 4) is 0 Å². The highest BCUT2D eigenvalue weighted by molar-refractivity contribution is 5.80. The van der Waals surface area contributed by atoms with Crippen molar-refractivity contribution in [1.29, 1.82) is 0 Å². The largest absolute Gasteiger partial charge is 0.444 e. The molecule has 1 aliphatic carbocycles. The molecule has 1 N–H and O–H groups in total. The Morgan fingerprint density at radius 1 is 1.18 bits per heavy atom. The van der Waals surface area contributed by atoms with Crippen LogP contribution in [0.25, 0.3) is 11.0 Å². The van der Waals surface area contributed by atoms with Crippen molar-refractivity contribution in [2.24, 2.45) is 0 Å². The number of ether oxygens (including phenoxy) is 1. The van der Waals surface area contributed by atoms with Gasteiger partial charge in [0.05, 0.1) is 11.0 Å². The Morgan fingerprint density at radius 3 is 2.50 bits per heavy atom. The monoisotopic (exact) mass is 383 g/mol. The SMILES string of the molecule is CN(c1nc2ccccc2nc1NC1CC1)[C@H]1CCN(C(=O)OC(C)(C)C)C1. The van der Waals surface area contributed by atoms with Crippen molar-refractivity contribution >= 4 is 28.8 Å². The van der Waals surface area contributed by atoms with Crippen LogP contribution in [0.15, 0.2) is 24.3 Å². The smallest absolute Gasteiger partial charge is 0.410 e. The number of carbonyl (C=O) groups is 1. The number of likely N-dealkylation sites (N-methyl/N-ethyl adjacent to an activating group) is 1. The van der Waals surface area contributed by atoms with E-state index in [1.807, 2.05) is 52.1 Å². The maximum atomic E-state index is 12.4. The van der Waals surface area contributed by atoms with E-state index in [4.69, 9.17) is 14.7 Å². The molecule has 2 aliphatic rings. The van der Waals surface area contributed by atoms with Gasteiger partial charge in [0, 0.05) is 32.2 Å². The van der Waals surface area contributed by atoms with Crippen molar-refractivity contribution in [3.05, 3.63) is 24.3 Å². The number of amides is 1. The first-order valence-corrected chi connectivity index (χ1v) is 10.0. The highest BCUT2D eigenvalue weighted by Gasteiger charge is 2.34. The lowest BCUT2D eigenvalue weighted by molar-refractivity contribution is 0.0292. The fraction of sp³-hybridized carbons (Fsp3) is 0.571. The molecular formula is C21H29N5O2. The second-order valence-corrected chi connectivity index (χ2v) is 8.78. The van der Waals surface area contributed by atoms with Crippen molar-refractivity contribution in [3.63, 3.8) is 0 Å². The summed E-state index contributed by atoms with van der Waals surface area (Å²) in [6.07, 6.45) is 2.98. The van der Waals surface area contributed by atoms with Crippen LogP contribution in [0.2, 0.25) is 0 Å². The molecule has 1 atom stereocenters. The van der Waals surface area contributed by atoms with Gasteiger partial charge in [0.2, 0.25) is 0 Å². The minimum Gasteiger partial charge on any atom is -0.444 e. The molecule has 0 spiro atoms. The maximum Gasteiger partial charge on any atom is 0.410 e. The third-order valence-corrected chi connectivity index (χ3v) is 5.17. The molecule has 1 amide bonds. The van der Waals surface area contributed by atoms with Gasteiger partial charge < -0.3 is 19.9 Å². The van der Waals surface area contributed by atoms with Crippen LogP contribution < -0.4 is 10.2 Å². The van der Waals surface area contributed by atoms with Crippen LogP contribution in [-0.4, -0.2) is 58.8 Å². The van der Waals surface area contributed by atoms with Gasteiger partial charge in [-0.25, -0.2) is 14.8 Å². The molecule has 1 saturated carbocycles. The van der Waals surface area contributed by atoms with Crippen LogP contribution >= 0.6 is 0 Å². The Kier molecular flexibility index (Phi) is 4.77. The lowest BCUT2D eigenvalue weighted by atomic mass is 10.2. The topological polar surface area (TPSA) is 70.6 Å². The average molecular weight is 383 g/mol. The molecule has 2 fully saturated rings. The number of fused-ring (bicyclic) bond motifs is 1. The number of anilines is 2. The summed E-state index contributed by atoms with van der Waals surface area (Å²) in [5, 5.41) is 3.53. The number of rotatable bonds is 4. The lowest BCUT2D eigenvalue weighted by Gasteiger charge is -2.28. The summed E-state index contributed by atoms with van der Waals surface area (Å²) < 4.78 is 5.53. The number of aromatic nitrogens is 2. The Morgan fingerprint density at radius 2 is 1.86 bits per heavy atom. The van der Waals surface area contributed by atoms with Gasteiger partial charge in [-0.05, 0) is 52.2 Å². The number of nitrogens with one attached hydrogen (secondary N) is 1. The van der Waals surface area contributed by atoms with Gasteiger partial charge >= 0.3 is 6.09 Å². The van der Waals surface area contributed by atoms with E-state index in [0.29, 0.717) is 19.1 Å². The summed E-state index contributed by atoms with van der Waals surface area (Å²) >= 11 is 0. The van der Waals surface area contributed by atoms with Crippen LogP contribution in [0.5, 0.6) is 0 Å². The van der Waals surface area contributed by atoms with E-state index < -0.39 is 5.60 Å². The van der Waals surface area contributed by atoms with Crippen molar-refractivity contribution in [2.45, 2.75) is 57.7 Å². The molecule has 2 heterocycles. The Balaban J connectivity index is 1.55. The van der Waals surface area contributed by atoms with Gasteiger partial charge in [0.1, 0.15) is 5.60 Å². The normalized spacial score (nSPS) is 19.7. The molecule has 4 rings (SSSR count). The molecular weight excluding hydrogens is 354 g/mol. The summed E-state index contributed by atoms with van der Waals surface area (Å²) in [6, 6.07) is 8.62. The lowest BCUT2D eigenvalue weighted by Crippen LogP contribution is -2.39. The predicted molar refractivity (Wildman–Crippen MR) is 111 cm³/mol. The zero-order chi connectivity index (χ0) is 19.9. The molecule has 7 nitrogen and oxygen atoms in total. The summed E-state index contributed by atoms with van der Waals surface area (Å²) in [6.45, 7) is 7.00. The summed E-state index contributed by atoms with van der Waals surface area (Å²) in [7, 11) is 2.04. The molecule has 150 valence electrons. The molecule has 2 aromatic rings. The summed E-state index contributed by atoms with van der Waals surface area (Å²) in [5.74, 6) is 1.68. The summed E-state index contributed by atoms with van der Waals surface area (Å²) in [4.78, 5) is 26.1. The number of para-hydroxylation sites is 2. The van der Waals surface area contributed by atoms with Gasteiger partial charge in [-0.1, -0.05) is 12.1 Å². The number of likely N-dealkylation sites (tertiary alicyclic amines) is 1. The van der Waals surface area contributed by atoms with Crippen molar-refractivity contribution in [1.82, 2.24) is 14.9 Å². The third-order valence-electron chi connectivity index (χ3n) is 5.17.